The van der Waals surface area contributed by atoms with Gasteiger partial charge >= 0.3 is 5.97 Å². The molecule has 4 rings (SSSR count). The molecule has 0 fully saturated rings. The minimum absolute atomic E-state index is 0.0731. The van der Waals surface area contributed by atoms with E-state index in [4.69, 9.17) is 4.74 Å². The van der Waals surface area contributed by atoms with Gasteiger partial charge in [-0.15, -0.1) is 11.3 Å². The monoisotopic (exact) mass is 521 g/mol. The Labute approximate surface area is 217 Å². The molecule has 0 atom stereocenters. The molecule has 0 aliphatic rings. The predicted molar refractivity (Wildman–Crippen MR) is 146 cm³/mol. The molecule has 186 valence electrons. The number of esters is 1. The fourth-order valence-corrected chi connectivity index (χ4v) is 5.22. The van der Waals surface area contributed by atoms with Crippen LogP contribution < -0.4 is 10.9 Å². The van der Waals surface area contributed by atoms with Crippen LogP contribution in [0.25, 0.3) is 21.3 Å². The zero-order valence-corrected chi connectivity index (χ0v) is 21.9. The number of nitrogens with zero attached hydrogens (tertiary/aromatic N) is 1. The molecular weight excluding hydrogens is 494 g/mol. The molecule has 4 aromatic rings. The van der Waals surface area contributed by atoms with E-state index in [9.17, 15) is 14.4 Å². The predicted octanol–water partition coefficient (Wildman–Crippen LogP) is 6.07. The number of rotatable bonds is 9. The molecule has 0 aliphatic carbocycles. The minimum atomic E-state index is -0.389. The van der Waals surface area contributed by atoms with Crippen LogP contribution in [0.2, 0.25) is 0 Å². The van der Waals surface area contributed by atoms with E-state index in [-0.39, 0.29) is 23.2 Å². The lowest BCUT2D eigenvalue weighted by Gasteiger charge is -2.07. The van der Waals surface area contributed by atoms with E-state index < -0.39 is 0 Å². The average molecular weight is 522 g/mol. The SMILES string of the molecule is CCCOC(=O)c1ccc(NC(=O)CSc2nc3scc(-c4ccc(C(C)C)cc4)c3c(=O)[nH]2)cc1. The number of aromatic nitrogens is 2. The normalized spacial score (nSPS) is 11.1. The van der Waals surface area contributed by atoms with E-state index in [2.05, 4.69) is 41.3 Å². The number of benzene rings is 2. The Morgan fingerprint density at radius 2 is 1.83 bits per heavy atom. The van der Waals surface area contributed by atoms with Crippen LogP contribution in [-0.4, -0.2) is 34.2 Å². The van der Waals surface area contributed by atoms with Crippen molar-refractivity contribution in [1.82, 2.24) is 9.97 Å². The molecule has 0 radical (unpaired) electrons. The van der Waals surface area contributed by atoms with E-state index in [0.717, 1.165) is 29.3 Å². The summed E-state index contributed by atoms with van der Waals surface area (Å²) in [5.41, 5.74) is 3.84. The van der Waals surface area contributed by atoms with Gasteiger partial charge in [0.05, 0.1) is 23.3 Å². The van der Waals surface area contributed by atoms with E-state index in [1.165, 1.54) is 16.9 Å². The number of anilines is 1. The maximum Gasteiger partial charge on any atom is 0.338 e. The largest absolute Gasteiger partial charge is 0.462 e. The van der Waals surface area contributed by atoms with E-state index >= 15 is 0 Å². The summed E-state index contributed by atoms with van der Waals surface area (Å²) in [6, 6.07) is 14.8. The minimum Gasteiger partial charge on any atom is -0.462 e. The number of nitrogens with one attached hydrogen (secondary N) is 2. The quantitative estimate of drug-likeness (QED) is 0.157. The molecule has 2 aromatic heterocycles. The van der Waals surface area contributed by atoms with Gasteiger partial charge in [0, 0.05) is 16.6 Å². The number of hydrogen-bond donors (Lipinski definition) is 2. The summed E-state index contributed by atoms with van der Waals surface area (Å²) >= 11 is 2.57. The first-order valence-electron chi connectivity index (χ1n) is 11.7. The van der Waals surface area contributed by atoms with Crippen molar-refractivity contribution in [2.45, 2.75) is 38.3 Å². The maximum atomic E-state index is 12.9. The molecule has 0 unspecified atom stereocenters. The summed E-state index contributed by atoms with van der Waals surface area (Å²) in [7, 11) is 0. The number of carbonyl (C=O) groups excluding carboxylic acids is 2. The molecule has 2 N–H and O–H groups in total. The van der Waals surface area contributed by atoms with Crippen LogP contribution in [0.5, 0.6) is 0 Å². The molecular formula is C27H27N3O4S2. The highest BCUT2D eigenvalue weighted by Crippen LogP contribution is 2.32. The molecule has 0 saturated carbocycles. The van der Waals surface area contributed by atoms with Gasteiger partial charge < -0.3 is 15.0 Å². The number of aromatic amines is 1. The zero-order valence-electron chi connectivity index (χ0n) is 20.3. The first kappa shape index (κ1) is 25.7. The Kier molecular flexibility index (Phi) is 8.22. The summed E-state index contributed by atoms with van der Waals surface area (Å²) in [4.78, 5) is 45.2. The molecule has 7 nitrogen and oxygen atoms in total. The van der Waals surface area contributed by atoms with E-state index in [1.807, 2.05) is 24.4 Å². The van der Waals surface area contributed by atoms with Crippen molar-refractivity contribution in [1.29, 1.82) is 0 Å². The average Bonchev–Trinajstić information content (AvgIpc) is 3.31. The topological polar surface area (TPSA) is 101 Å². The standard InChI is InChI=1S/C27H27N3O4S2/c1-4-13-34-26(33)19-9-11-20(12-10-19)28-22(31)15-36-27-29-24(32)23-21(14-35-25(23)30-27)18-7-5-17(6-8-18)16(2)3/h5-12,14,16H,4,13,15H2,1-3H3,(H,28,31)(H,29,30,32). The molecule has 1 amide bonds. The lowest BCUT2D eigenvalue weighted by molar-refractivity contribution is -0.113. The van der Waals surface area contributed by atoms with Crippen LogP contribution >= 0.6 is 23.1 Å². The van der Waals surface area contributed by atoms with Crippen molar-refractivity contribution in [2.75, 3.05) is 17.7 Å². The van der Waals surface area contributed by atoms with Gasteiger partial charge in [-0.05, 0) is 47.7 Å². The zero-order chi connectivity index (χ0) is 25.7. The van der Waals surface area contributed by atoms with Gasteiger partial charge in [-0.1, -0.05) is 56.8 Å². The molecule has 0 spiro atoms. The second-order valence-electron chi connectivity index (χ2n) is 8.53. The summed E-state index contributed by atoms with van der Waals surface area (Å²) in [6.45, 7) is 6.59. The van der Waals surface area contributed by atoms with Crippen molar-refractivity contribution in [2.24, 2.45) is 0 Å². The molecule has 2 heterocycles. The van der Waals surface area contributed by atoms with Crippen molar-refractivity contribution < 1.29 is 14.3 Å². The van der Waals surface area contributed by atoms with Crippen LogP contribution in [0.15, 0.2) is 63.9 Å². The van der Waals surface area contributed by atoms with E-state index in [0.29, 0.717) is 39.1 Å². The lowest BCUT2D eigenvalue weighted by Crippen LogP contribution is -2.15. The Hall–Kier alpha value is -3.43. The number of fused-ring (bicyclic) bond motifs is 1. The molecule has 0 aliphatic heterocycles. The summed E-state index contributed by atoms with van der Waals surface area (Å²) in [5, 5.41) is 5.67. The fourth-order valence-electron chi connectivity index (χ4n) is 3.56. The first-order chi connectivity index (χ1) is 17.4. The number of H-pyrrole nitrogens is 1. The van der Waals surface area contributed by atoms with Gasteiger partial charge in [0.25, 0.3) is 5.56 Å². The van der Waals surface area contributed by atoms with Crippen LogP contribution in [0.4, 0.5) is 5.69 Å². The number of thiophene rings is 1. The van der Waals surface area contributed by atoms with Crippen LogP contribution in [0.3, 0.4) is 0 Å². The summed E-state index contributed by atoms with van der Waals surface area (Å²) < 4.78 is 5.10. The first-order valence-corrected chi connectivity index (χ1v) is 13.5. The Balaban J connectivity index is 1.40. The van der Waals surface area contributed by atoms with E-state index in [1.54, 1.807) is 24.3 Å². The number of thioether (sulfide) groups is 1. The lowest BCUT2D eigenvalue weighted by atomic mass is 9.99. The van der Waals surface area contributed by atoms with Gasteiger partial charge in [0.2, 0.25) is 5.91 Å². The van der Waals surface area contributed by atoms with Crippen molar-refractivity contribution in [3.8, 4) is 11.1 Å². The van der Waals surface area contributed by atoms with Gasteiger partial charge in [0.15, 0.2) is 5.16 Å². The Bertz CT molecular complexity index is 1420. The number of amides is 1. The van der Waals surface area contributed by atoms with Crippen molar-refractivity contribution in [3.63, 3.8) is 0 Å². The fraction of sp³-hybridized carbons (Fsp3) is 0.259. The second kappa shape index (κ2) is 11.5. The highest BCUT2D eigenvalue weighted by molar-refractivity contribution is 7.99. The molecule has 0 saturated heterocycles. The smallest absolute Gasteiger partial charge is 0.338 e. The maximum absolute atomic E-state index is 12.9. The summed E-state index contributed by atoms with van der Waals surface area (Å²) in [6.07, 6.45) is 0.754. The van der Waals surface area contributed by atoms with Crippen LogP contribution in [0.1, 0.15) is 49.0 Å². The van der Waals surface area contributed by atoms with Gasteiger partial charge in [-0.2, -0.15) is 0 Å². The highest BCUT2D eigenvalue weighted by Gasteiger charge is 2.15. The third-order valence-electron chi connectivity index (χ3n) is 5.49. The molecule has 9 heteroatoms. The van der Waals surface area contributed by atoms with Gasteiger partial charge in [-0.3, -0.25) is 9.59 Å². The van der Waals surface area contributed by atoms with Crippen molar-refractivity contribution >= 4 is 50.9 Å². The number of ether oxygens (including phenoxy) is 1. The number of hydrogen-bond acceptors (Lipinski definition) is 7. The van der Waals surface area contributed by atoms with Crippen molar-refractivity contribution in [3.05, 3.63) is 75.4 Å². The summed E-state index contributed by atoms with van der Waals surface area (Å²) in [5.74, 6) is -0.126. The van der Waals surface area contributed by atoms with Gasteiger partial charge in [-0.25, -0.2) is 9.78 Å². The van der Waals surface area contributed by atoms with Crippen LogP contribution in [-0.2, 0) is 9.53 Å². The molecule has 2 aromatic carbocycles. The third kappa shape index (κ3) is 6.03. The second-order valence-corrected chi connectivity index (χ2v) is 10.3. The molecule has 36 heavy (non-hydrogen) atoms. The Morgan fingerprint density at radius 3 is 2.50 bits per heavy atom. The third-order valence-corrected chi connectivity index (χ3v) is 7.24. The van der Waals surface area contributed by atoms with Crippen LogP contribution in [0, 0.1) is 0 Å². The highest BCUT2D eigenvalue weighted by atomic mass is 32.2. The Morgan fingerprint density at radius 1 is 1.11 bits per heavy atom. The molecule has 0 bridgehead atoms. The number of carbonyl (C=O) groups is 2. The van der Waals surface area contributed by atoms with Gasteiger partial charge in [0.1, 0.15) is 4.83 Å².